The maximum atomic E-state index is 11.4. The Bertz CT molecular complexity index is 349. The first-order valence-electron chi connectivity index (χ1n) is 6.08. The molecule has 1 unspecified atom stereocenters. The van der Waals surface area contributed by atoms with Crippen LogP contribution in [0.25, 0.3) is 0 Å². The Morgan fingerprint density at radius 2 is 2.35 bits per heavy atom. The van der Waals surface area contributed by atoms with Gasteiger partial charge in [-0.25, -0.2) is 0 Å². The van der Waals surface area contributed by atoms with E-state index in [2.05, 4.69) is 17.3 Å². The lowest BCUT2D eigenvalue weighted by molar-refractivity contribution is -0.145. The molecule has 0 aliphatic rings. The first kappa shape index (κ1) is 13.7. The van der Waals surface area contributed by atoms with Crippen molar-refractivity contribution in [3.63, 3.8) is 0 Å². The average Bonchev–Trinajstić information content (AvgIpc) is 2.74. The molecule has 1 N–H and O–H groups in total. The van der Waals surface area contributed by atoms with E-state index in [0.29, 0.717) is 13.2 Å². The van der Waals surface area contributed by atoms with Crippen LogP contribution in [0.1, 0.15) is 32.8 Å². The Morgan fingerprint density at radius 1 is 1.59 bits per heavy atom. The second kappa shape index (κ2) is 7.06. The fourth-order valence-electron chi connectivity index (χ4n) is 1.47. The third kappa shape index (κ3) is 4.56. The van der Waals surface area contributed by atoms with Crippen LogP contribution >= 0.6 is 0 Å². The largest absolute Gasteiger partial charge is 0.465 e. The van der Waals surface area contributed by atoms with Crippen LogP contribution in [0.3, 0.4) is 0 Å². The number of rotatable bonds is 7. The summed E-state index contributed by atoms with van der Waals surface area (Å²) < 4.78 is 6.82. The standard InChI is InChI=1S/C12H21N3O2/c1-4-6-15-9-11(8-14-15)7-13-10(3)12(16)17-5-2/h8-10,13H,4-7H2,1-3H3. The molecule has 5 heteroatoms. The fourth-order valence-corrected chi connectivity index (χ4v) is 1.47. The van der Waals surface area contributed by atoms with Crippen LogP contribution in [0.4, 0.5) is 0 Å². The maximum absolute atomic E-state index is 11.4. The molecular weight excluding hydrogens is 218 g/mol. The molecule has 1 atom stereocenters. The summed E-state index contributed by atoms with van der Waals surface area (Å²) in [7, 11) is 0. The second-order valence-electron chi connectivity index (χ2n) is 3.97. The molecule has 17 heavy (non-hydrogen) atoms. The molecule has 0 aliphatic carbocycles. The van der Waals surface area contributed by atoms with Crippen LogP contribution in [-0.4, -0.2) is 28.4 Å². The van der Waals surface area contributed by atoms with Gasteiger partial charge in [-0.2, -0.15) is 5.10 Å². The Hall–Kier alpha value is -1.36. The number of hydrogen-bond donors (Lipinski definition) is 1. The number of nitrogens with one attached hydrogen (secondary N) is 1. The highest BCUT2D eigenvalue weighted by Crippen LogP contribution is 1.99. The molecule has 0 saturated heterocycles. The predicted molar refractivity (Wildman–Crippen MR) is 65.5 cm³/mol. The van der Waals surface area contributed by atoms with E-state index in [1.165, 1.54) is 0 Å². The summed E-state index contributed by atoms with van der Waals surface area (Å²) in [5.74, 6) is -0.214. The van der Waals surface area contributed by atoms with Crippen LogP contribution < -0.4 is 5.32 Å². The summed E-state index contributed by atoms with van der Waals surface area (Å²) in [5, 5.41) is 7.34. The SMILES string of the molecule is CCCn1cc(CNC(C)C(=O)OCC)cn1. The number of carbonyl (C=O) groups excluding carboxylic acids is 1. The van der Waals surface area contributed by atoms with Gasteiger partial charge >= 0.3 is 5.97 Å². The lowest BCUT2D eigenvalue weighted by Gasteiger charge is -2.11. The summed E-state index contributed by atoms with van der Waals surface area (Å²) in [5.41, 5.74) is 1.08. The van der Waals surface area contributed by atoms with Crippen LogP contribution in [0.2, 0.25) is 0 Å². The van der Waals surface area contributed by atoms with E-state index in [-0.39, 0.29) is 12.0 Å². The lowest BCUT2D eigenvalue weighted by Crippen LogP contribution is -2.34. The minimum atomic E-state index is -0.288. The minimum Gasteiger partial charge on any atom is -0.465 e. The van der Waals surface area contributed by atoms with Crippen molar-refractivity contribution in [2.45, 2.75) is 46.3 Å². The van der Waals surface area contributed by atoms with Gasteiger partial charge < -0.3 is 10.1 Å². The Balaban J connectivity index is 2.36. The van der Waals surface area contributed by atoms with Gasteiger partial charge in [0, 0.05) is 24.8 Å². The van der Waals surface area contributed by atoms with E-state index < -0.39 is 0 Å². The Labute approximate surface area is 102 Å². The van der Waals surface area contributed by atoms with Gasteiger partial charge in [0.25, 0.3) is 0 Å². The average molecular weight is 239 g/mol. The van der Waals surface area contributed by atoms with Crippen molar-refractivity contribution in [2.75, 3.05) is 6.61 Å². The molecule has 0 aromatic carbocycles. The normalized spacial score (nSPS) is 12.4. The second-order valence-corrected chi connectivity index (χ2v) is 3.97. The molecule has 1 aromatic heterocycles. The van der Waals surface area contributed by atoms with Crippen LogP contribution in [0.5, 0.6) is 0 Å². The molecule has 1 aromatic rings. The molecule has 0 spiro atoms. The van der Waals surface area contributed by atoms with Gasteiger partial charge in [-0.05, 0) is 20.3 Å². The van der Waals surface area contributed by atoms with Crippen molar-refractivity contribution < 1.29 is 9.53 Å². The van der Waals surface area contributed by atoms with Crippen molar-refractivity contribution in [3.05, 3.63) is 18.0 Å². The van der Waals surface area contributed by atoms with Gasteiger partial charge in [-0.1, -0.05) is 6.92 Å². The highest BCUT2D eigenvalue weighted by molar-refractivity contribution is 5.75. The minimum absolute atomic E-state index is 0.214. The molecule has 0 aliphatic heterocycles. The zero-order valence-corrected chi connectivity index (χ0v) is 10.8. The molecule has 1 heterocycles. The molecule has 0 fully saturated rings. The molecule has 0 radical (unpaired) electrons. The monoisotopic (exact) mass is 239 g/mol. The zero-order valence-electron chi connectivity index (χ0n) is 10.8. The molecular formula is C12H21N3O2. The first-order valence-corrected chi connectivity index (χ1v) is 6.08. The molecule has 0 amide bonds. The maximum Gasteiger partial charge on any atom is 0.322 e. The van der Waals surface area contributed by atoms with Gasteiger partial charge in [0.2, 0.25) is 0 Å². The number of esters is 1. The number of nitrogens with zero attached hydrogens (tertiary/aromatic N) is 2. The summed E-state index contributed by atoms with van der Waals surface area (Å²) in [6, 6.07) is -0.288. The third-order valence-corrected chi connectivity index (χ3v) is 2.39. The molecule has 0 bridgehead atoms. The summed E-state index contributed by atoms with van der Waals surface area (Å²) in [6.45, 7) is 7.69. The van der Waals surface area contributed by atoms with Crippen LogP contribution in [0, 0.1) is 0 Å². The van der Waals surface area contributed by atoms with Gasteiger partial charge in [-0.15, -0.1) is 0 Å². The molecule has 5 nitrogen and oxygen atoms in total. The molecule has 96 valence electrons. The topological polar surface area (TPSA) is 56.2 Å². The number of aromatic nitrogens is 2. The van der Waals surface area contributed by atoms with Gasteiger partial charge in [-0.3, -0.25) is 9.48 Å². The summed E-state index contributed by atoms with van der Waals surface area (Å²) in [6.07, 6.45) is 4.88. The molecule has 1 rings (SSSR count). The van der Waals surface area contributed by atoms with E-state index in [1.807, 2.05) is 17.1 Å². The Morgan fingerprint density at radius 3 is 3.00 bits per heavy atom. The summed E-state index contributed by atoms with van der Waals surface area (Å²) >= 11 is 0. The van der Waals surface area contributed by atoms with Gasteiger partial charge in [0.05, 0.1) is 12.8 Å². The van der Waals surface area contributed by atoms with Crippen molar-refractivity contribution in [1.29, 1.82) is 0 Å². The first-order chi connectivity index (χ1) is 8.17. The van der Waals surface area contributed by atoms with Crippen LogP contribution in [0.15, 0.2) is 12.4 Å². The van der Waals surface area contributed by atoms with Crippen molar-refractivity contribution in [1.82, 2.24) is 15.1 Å². The highest BCUT2D eigenvalue weighted by Gasteiger charge is 2.12. The smallest absolute Gasteiger partial charge is 0.322 e. The van der Waals surface area contributed by atoms with Crippen molar-refractivity contribution >= 4 is 5.97 Å². The van der Waals surface area contributed by atoms with E-state index in [9.17, 15) is 4.79 Å². The zero-order chi connectivity index (χ0) is 12.7. The van der Waals surface area contributed by atoms with Gasteiger partial charge in [0.1, 0.15) is 6.04 Å². The third-order valence-electron chi connectivity index (χ3n) is 2.39. The fraction of sp³-hybridized carbons (Fsp3) is 0.667. The van der Waals surface area contributed by atoms with E-state index in [4.69, 9.17) is 4.74 Å². The summed E-state index contributed by atoms with van der Waals surface area (Å²) in [4.78, 5) is 11.4. The molecule has 0 saturated carbocycles. The number of ether oxygens (including phenoxy) is 1. The van der Waals surface area contributed by atoms with Crippen molar-refractivity contribution in [3.8, 4) is 0 Å². The van der Waals surface area contributed by atoms with E-state index >= 15 is 0 Å². The van der Waals surface area contributed by atoms with E-state index in [1.54, 1.807) is 13.8 Å². The predicted octanol–water partition coefficient (Wildman–Crippen LogP) is 1.33. The number of aryl methyl sites for hydroxylation is 1. The van der Waals surface area contributed by atoms with Crippen LogP contribution in [-0.2, 0) is 22.6 Å². The van der Waals surface area contributed by atoms with Crippen molar-refractivity contribution in [2.24, 2.45) is 0 Å². The van der Waals surface area contributed by atoms with E-state index in [0.717, 1.165) is 18.5 Å². The van der Waals surface area contributed by atoms with Gasteiger partial charge in [0.15, 0.2) is 0 Å². The lowest BCUT2D eigenvalue weighted by atomic mass is 10.3. The highest BCUT2D eigenvalue weighted by atomic mass is 16.5. The Kier molecular flexibility index (Phi) is 5.69. The number of hydrogen-bond acceptors (Lipinski definition) is 4. The number of carbonyl (C=O) groups is 1. The quantitative estimate of drug-likeness (QED) is 0.729.